The number of esters is 2. The molecule has 58 heavy (non-hydrogen) atoms. The minimum atomic E-state index is -0.545. The number of carbonyl (C=O) groups is 2. The third-order valence-corrected chi connectivity index (χ3v) is 9.93. The molecule has 0 rings (SSSR count). The molecule has 0 radical (unpaired) electrons. The quantitative estimate of drug-likeness (QED) is 0.0349. The van der Waals surface area contributed by atoms with E-state index in [1.165, 1.54) is 77.0 Å². The van der Waals surface area contributed by atoms with Crippen LogP contribution in [0.25, 0.3) is 0 Å². The summed E-state index contributed by atoms with van der Waals surface area (Å²) in [4.78, 5) is 25.1. The molecule has 0 amide bonds. The Morgan fingerprint density at radius 2 is 0.776 bits per heavy atom. The van der Waals surface area contributed by atoms with Crippen LogP contribution in [0.2, 0.25) is 0 Å². The third kappa shape index (κ3) is 45.8. The Labute approximate surface area is 359 Å². The number of ether oxygens (including phenoxy) is 3. The molecule has 0 aliphatic carbocycles. The van der Waals surface area contributed by atoms with Gasteiger partial charge in [-0.1, -0.05) is 196 Å². The van der Waals surface area contributed by atoms with Gasteiger partial charge in [0.25, 0.3) is 0 Å². The van der Waals surface area contributed by atoms with Gasteiger partial charge in [0.1, 0.15) is 6.61 Å². The Hall–Kier alpha value is -2.92. The van der Waals surface area contributed by atoms with Crippen molar-refractivity contribution in [3.8, 4) is 0 Å². The highest BCUT2D eigenvalue weighted by atomic mass is 16.6. The van der Waals surface area contributed by atoms with E-state index in [2.05, 4.69) is 106 Å². The number of carbonyl (C=O) groups excluding carboxylic acids is 2. The van der Waals surface area contributed by atoms with Crippen molar-refractivity contribution in [1.29, 1.82) is 0 Å². The van der Waals surface area contributed by atoms with Crippen LogP contribution in [0.15, 0.2) is 85.1 Å². The van der Waals surface area contributed by atoms with Crippen LogP contribution in [0.5, 0.6) is 0 Å². The molecular weight excluding hydrogens is 717 g/mol. The minimum Gasteiger partial charge on any atom is -0.462 e. The van der Waals surface area contributed by atoms with Gasteiger partial charge in [-0.05, 0) is 89.9 Å². The summed E-state index contributed by atoms with van der Waals surface area (Å²) in [5.74, 6) is -0.430. The van der Waals surface area contributed by atoms with E-state index >= 15 is 0 Å². The summed E-state index contributed by atoms with van der Waals surface area (Å²) in [5.41, 5.74) is 0. The molecule has 1 atom stereocenters. The fourth-order valence-electron chi connectivity index (χ4n) is 6.40. The fourth-order valence-corrected chi connectivity index (χ4v) is 6.40. The number of rotatable bonds is 43. The molecule has 0 heterocycles. The average Bonchev–Trinajstić information content (AvgIpc) is 3.22. The van der Waals surface area contributed by atoms with Crippen molar-refractivity contribution in [1.82, 2.24) is 0 Å². The van der Waals surface area contributed by atoms with Crippen LogP contribution >= 0.6 is 0 Å². The van der Waals surface area contributed by atoms with Gasteiger partial charge < -0.3 is 14.2 Å². The molecule has 0 aromatic carbocycles. The predicted octanol–water partition coefficient (Wildman–Crippen LogP) is 16.1. The molecule has 0 N–H and O–H groups in total. The van der Waals surface area contributed by atoms with E-state index in [0.717, 1.165) is 103 Å². The molecule has 0 bridgehead atoms. The molecule has 332 valence electrons. The van der Waals surface area contributed by atoms with E-state index in [1.54, 1.807) is 0 Å². The van der Waals surface area contributed by atoms with Crippen LogP contribution < -0.4 is 0 Å². The molecule has 5 nitrogen and oxygen atoms in total. The smallest absolute Gasteiger partial charge is 0.306 e. The lowest BCUT2D eigenvalue weighted by atomic mass is 10.1. The zero-order valence-corrected chi connectivity index (χ0v) is 38.0. The topological polar surface area (TPSA) is 61.8 Å². The Bertz CT molecular complexity index is 1090. The third-order valence-electron chi connectivity index (χ3n) is 9.93. The number of hydrogen-bond acceptors (Lipinski definition) is 5. The highest BCUT2D eigenvalue weighted by Gasteiger charge is 2.17. The summed E-state index contributed by atoms with van der Waals surface area (Å²) >= 11 is 0. The molecule has 0 aliphatic heterocycles. The van der Waals surface area contributed by atoms with Crippen LogP contribution in [0.3, 0.4) is 0 Å². The second-order valence-corrected chi connectivity index (χ2v) is 15.6. The molecule has 0 aliphatic rings. The Morgan fingerprint density at radius 1 is 0.397 bits per heavy atom. The number of unbranched alkanes of at least 4 members (excludes halogenated alkanes) is 18. The van der Waals surface area contributed by atoms with Crippen LogP contribution in [-0.2, 0) is 23.8 Å². The maximum atomic E-state index is 12.6. The molecule has 1 unspecified atom stereocenters. The van der Waals surface area contributed by atoms with Gasteiger partial charge in [-0.25, -0.2) is 0 Å². The van der Waals surface area contributed by atoms with Gasteiger partial charge in [-0.3, -0.25) is 9.59 Å². The summed E-state index contributed by atoms with van der Waals surface area (Å²) in [6.45, 7) is 7.49. The largest absolute Gasteiger partial charge is 0.462 e. The summed E-state index contributed by atoms with van der Waals surface area (Å²) in [6.07, 6.45) is 63.3. The van der Waals surface area contributed by atoms with Gasteiger partial charge in [-0.15, -0.1) is 0 Å². The zero-order valence-electron chi connectivity index (χ0n) is 38.0. The zero-order chi connectivity index (χ0) is 42.1. The fraction of sp³-hybridized carbons (Fsp3) is 0.698. The molecule has 0 saturated carbocycles. The highest BCUT2D eigenvalue weighted by Crippen LogP contribution is 2.13. The molecular formula is C53H90O5. The maximum absolute atomic E-state index is 12.6. The van der Waals surface area contributed by atoms with Crippen molar-refractivity contribution >= 4 is 11.9 Å². The first-order valence-electron chi connectivity index (χ1n) is 24.1. The lowest BCUT2D eigenvalue weighted by Gasteiger charge is -2.18. The standard InChI is InChI=1S/C53H90O5/c1-4-7-10-13-15-17-19-21-23-25-26-27-29-31-33-35-37-39-42-45-48-56-49-51(58-53(55)47-44-40-12-9-6-3)50-57-52(54)46-43-41-38-36-34-32-30-28-24-22-20-18-16-14-11-8-5-2/h7-8,10-11,15-18,21-24,26-27,51H,4-6,9,12-14,19-20,25,28-50H2,1-3H3/b10-7-,11-8-,17-15-,18-16-,23-21-,24-22-,27-26-. The molecule has 0 aromatic heterocycles. The lowest BCUT2D eigenvalue weighted by molar-refractivity contribution is -0.163. The maximum Gasteiger partial charge on any atom is 0.306 e. The second kappa shape index (κ2) is 48.4. The van der Waals surface area contributed by atoms with E-state index in [1.807, 2.05) is 0 Å². The van der Waals surface area contributed by atoms with Crippen molar-refractivity contribution in [3.63, 3.8) is 0 Å². The van der Waals surface area contributed by atoms with Gasteiger partial charge in [0.05, 0.1) is 6.61 Å². The molecule has 0 aromatic rings. The summed E-state index contributed by atoms with van der Waals surface area (Å²) in [7, 11) is 0. The Balaban J connectivity index is 4.07. The van der Waals surface area contributed by atoms with Crippen LogP contribution in [0.4, 0.5) is 0 Å². The second-order valence-electron chi connectivity index (χ2n) is 15.6. The van der Waals surface area contributed by atoms with Gasteiger partial charge >= 0.3 is 11.9 Å². The van der Waals surface area contributed by atoms with E-state index < -0.39 is 6.10 Å². The average molecular weight is 807 g/mol. The van der Waals surface area contributed by atoms with Gasteiger partial charge in [-0.2, -0.15) is 0 Å². The lowest BCUT2D eigenvalue weighted by Crippen LogP contribution is -2.30. The van der Waals surface area contributed by atoms with Crippen LogP contribution in [0, 0.1) is 0 Å². The summed E-state index contributed by atoms with van der Waals surface area (Å²) in [6, 6.07) is 0. The van der Waals surface area contributed by atoms with Crippen molar-refractivity contribution < 1.29 is 23.8 Å². The van der Waals surface area contributed by atoms with E-state index in [4.69, 9.17) is 14.2 Å². The predicted molar refractivity (Wildman–Crippen MR) is 251 cm³/mol. The first-order chi connectivity index (χ1) is 28.6. The van der Waals surface area contributed by atoms with E-state index in [-0.39, 0.29) is 25.2 Å². The molecule has 0 fully saturated rings. The Kier molecular flexibility index (Phi) is 46.0. The van der Waals surface area contributed by atoms with Crippen LogP contribution in [0.1, 0.15) is 213 Å². The SMILES string of the molecule is CC/C=C\C/C=C\C/C=C\C/C=C\CCCCCCCCCOCC(COC(=O)CCCCCCCCC/C=C\C/C=C\C/C=C\CC)OC(=O)CCCCCCC. The first-order valence-corrected chi connectivity index (χ1v) is 24.1. The molecule has 0 spiro atoms. The molecule has 0 saturated heterocycles. The normalized spacial score (nSPS) is 12.9. The van der Waals surface area contributed by atoms with Crippen LogP contribution in [-0.4, -0.2) is 37.9 Å². The van der Waals surface area contributed by atoms with Crippen molar-refractivity contribution in [3.05, 3.63) is 85.1 Å². The number of hydrogen-bond donors (Lipinski definition) is 0. The monoisotopic (exact) mass is 807 g/mol. The van der Waals surface area contributed by atoms with Gasteiger partial charge in [0.2, 0.25) is 0 Å². The number of allylic oxidation sites excluding steroid dienone is 14. The van der Waals surface area contributed by atoms with Gasteiger partial charge in [0, 0.05) is 19.4 Å². The van der Waals surface area contributed by atoms with Crippen molar-refractivity contribution in [2.75, 3.05) is 19.8 Å². The van der Waals surface area contributed by atoms with Gasteiger partial charge in [0.15, 0.2) is 6.10 Å². The molecule has 5 heteroatoms. The van der Waals surface area contributed by atoms with E-state index in [9.17, 15) is 9.59 Å². The highest BCUT2D eigenvalue weighted by molar-refractivity contribution is 5.70. The van der Waals surface area contributed by atoms with E-state index in [0.29, 0.717) is 19.4 Å². The summed E-state index contributed by atoms with van der Waals surface area (Å²) in [5, 5.41) is 0. The minimum absolute atomic E-state index is 0.0718. The Morgan fingerprint density at radius 3 is 1.24 bits per heavy atom. The van der Waals surface area contributed by atoms with Crippen molar-refractivity contribution in [2.45, 2.75) is 219 Å². The van der Waals surface area contributed by atoms with Crippen molar-refractivity contribution in [2.24, 2.45) is 0 Å². The first kappa shape index (κ1) is 55.1. The summed E-state index contributed by atoms with van der Waals surface area (Å²) < 4.78 is 17.2.